The molecule has 0 aliphatic rings. The first-order valence-corrected chi connectivity index (χ1v) is 10.3. The Balaban J connectivity index is 1.67. The molecule has 3 heterocycles. The van der Waals surface area contributed by atoms with E-state index in [-0.39, 0.29) is 6.04 Å². The van der Waals surface area contributed by atoms with Crippen molar-refractivity contribution in [3.8, 4) is 11.1 Å². The van der Waals surface area contributed by atoms with Crippen molar-refractivity contribution < 1.29 is 4.39 Å². The number of benzene rings is 2. The van der Waals surface area contributed by atoms with Crippen LogP contribution in [0.5, 0.6) is 0 Å². The zero-order valence-electron chi connectivity index (χ0n) is 17.1. The number of hydrogen-bond donors (Lipinski definition) is 0. The molecule has 0 N–H and O–H groups in total. The van der Waals surface area contributed by atoms with Crippen LogP contribution in [0.2, 0.25) is 0 Å². The van der Waals surface area contributed by atoms with Gasteiger partial charge in [-0.15, -0.1) is 0 Å². The lowest BCUT2D eigenvalue weighted by Crippen LogP contribution is -2.11. The van der Waals surface area contributed by atoms with E-state index in [1.807, 2.05) is 42.7 Å². The van der Waals surface area contributed by atoms with E-state index in [4.69, 9.17) is 4.98 Å². The number of nitrogens with zero attached hydrogens (tertiary/aromatic N) is 4. The molecule has 5 rings (SSSR count). The average molecular weight is 408 g/mol. The van der Waals surface area contributed by atoms with Gasteiger partial charge < -0.3 is 4.57 Å². The predicted octanol–water partition coefficient (Wildman–Crippen LogP) is 5.83. The first-order chi connectivity index (χ1) is 15.2. The molecule has 2 aromatic carbocycles. The van der Waals surface area contributed by atoms with Gasteiger partial charge >= 0.3 is 0 Å². The second kappa shape index (κ2) is 8.11. The molecule has 0 spiro atoms. The molecule has 0 saturated heterocycles. The summed E-state index contributed by atoms with van der Waals surface area (Å²) in [5, 5.41) is 0. The van der Waals surface area contributed by atoms with E-state index >= 15 is 0 Å². The summed E-state index contributed by atoms with van der Waals surface area (Å²) < 4.78 is 15.6. The topological polar surface area (TPSA) is 43.6 Å². The van der Waals surface area contributed by atoms with Gasteiger partial charge in [0.1, 0.15) is 5.82 Å². The Morgan fingerprint density at radius 1 is 0.903 bits per heavy atom. The molecule has 0 aliphatic carbocycles. The van der Waals surface area contributed by atoms with E-state index in [2.05, 4.69) is 51.8 Å². The van der Waals surface area contributed by atoms with Gasteiger partial charge in [-0.1, -0.05) is 36.4 Å². The number of pyridine rings is 2. The number of aromatic nitrogens is 4. The van der Waals surface area contributed by atoms with Crippen molar-refractivity contribution >= 4 is 11.0 Å². The zero-order chi connectivity index (χ0) is 21.2. The van der Waals surface area contributed by atoms with Gasteiger partial charge in [0.05, 0.1) is 17.1 Å². The fourth-order valence-electron chi connectivity index (χ4n) is 3.99. The highest BCUT2D eigenvalue weighted by atomic mass is 19.1. The molecule has 4 nitrogen and oxygen atoms in total. The minimum Gasteiger partial charge on any atom is -0.320 e. The van der Waals surface area contributed by atoms with Gasteiger partial charge in [0, 0.05) is 30.6 Å². The minimum absolute atomic E-state index is 0.102. The van der Waals surface area contributed by atoms with Gasteiger partial charge in [-0.25, -0.2) is 9.97 Å². The van der Waals surface area contributed by atoms with Crippen molar-refractivity contribution in [2.45, 2.75) is 19.4 Å². The molecule has 1 atom stereocenters. The van der Waals surface area contributed by atoms with Gasteiger partial charge in [0.15, 0.2) is 0 Å². The highest BCUT2D eigenvalue weighted by Gasteiger charge is 2.18. The van der Waals surface area contributed by atoms with Crippen LogP contribution in [0.15, 0.2) is 91.4 Å². The summed E-state index contributed by atoms with van der Waals surface area (Å²) in [5.41, 5.74) is 6.21. The fourth-order valence-corrected chi connectivity index (χ4v) is 3.99. The Morgan fingerprint density at radius 3 is 2.42 bits per heavy atom. The molecule has 31 heavy (non-hydrogen) atoms. The van der Waals surface area contributed by atoms with Crippen molar-refractivity contribution in [1.29, 1.82) is 0 Å². The highest BCUT2D eigenvalue weighted by Crippen LogP contribution is 2.30. The lowest BCUT2D eigenvalue weighted by atomic mass is 10.1. The Hall–Kier alpha value is -3.86. The molecular formula is C26H21FN4. The lowest BCUT2D eigenvalue weighted by Gasteiger charge is -2.19. The molecule has 1 unspecified atom stereocenters. The molecule has 0 fully saturated rings. The second-order valence-corrected chi connectivity index (χ2v) is 7.59. The predicted molar refractivity (Wildman–Crippen MR) is 120 cm³/mol. The van der Waals surface area contributed by atoms with Crippen molar-refractivity contribution in [3.63, 3.8) is 0 Å². The molecule has 0 radical (unpaired) electrons. The molecule has 0 amide bonds. The fraction of sp³-hybridized carbons (Fsp3) is 0.115. The largest absolute Gasteiger partial charge is 0.320 e. The van der Waals surface area contributed by atoms with Gasteiger partial charge in [0.2, 0.25) is 5.95 Å². The molecule has 0 aliphatic heterocycles. The maximum absolute atomic E-state index is 13.3. The molecule has 152 valence electrons. The van der Waals surface area contributed by atoms with E-state index in [9.17, 15) is 4.39 Å². The highest BCUT2D eigenvalue weighted by molar-refractivity contribution is 5.83. The molecule has 5 aromatic rings. The standard InChI is InChI=1S/C26H21FN4/c1-18(20-5-3-2-4-6-20)31-24-16-21(22-8-10-25(27)29-17-22)7-9-23(24)30-26(31)15-19-11-13-28-14-12-19/h2-14,16-18H,15H2,1H3. The summed E-state index contributed by atoms with van der Waals surface area (Å²) in [4.78, 5) is 12.9. The number of halogens is 1. The molecular weight excluding hydrogens is 387 g/mol. The number of rotatable bonds is 5. The van der Waals surface area contributed by atoms with Crippen LogP contribution >= 0.6 is 0 Å². The molecule has 5 heteroatoms. The third-order valence-electron chi connectivity index (χ3n) is 5.60. The van der Waals surface area contributed by atoms with Crippen LogP contribution in [-0.2, 0) is 6.42 Å². The number of imidazole rings is 1. The van der Waals surface area contributed by atoms with Crippen LogP contribution in [0, 0.1) is 5.95 Å². The van der Waals surface area contributed by atoms with Crippen LogP contribution in [0.1, 0.15) is 29.9 Å². The first kappa shape index (κ1) is 19.1. The van der Waals surface area contributed by atoms with Gasteiger partial charge in [-0.2, -0.15) is 4.39 Å². The molecule has 0 saturated carbocycles. The SMILES string of the molecule is CC(c1ccccc1)n1c(Cc2ccncc2)nc2ccc(-c3ccc(F)nc3)cc21. The summed E-state index contributed by atoms with van der Waals surface area (Å²) in [6.45, 7) is 2.19. The third-order valence-corrected chi connectivity index (χ3v) is 5.60. The van der Waals surface area contributed by atoms with Crippen LogP contribution < -0.4 is 0 Å². The van der Waals surface area contributed by atoms with Gasteiger partial charge in [-0.3, -0.25) is 4.98 Å². The van der Waals surface area contributed by atoms with Crippen LogP contribution in [0.4, 0.5) is 4.39 Å². The lowest BCUT2D eigenvalue weighted by molar-refractivity contribution is 0.584. The summed E-state index contributed by atoms with van der Waals surface area (Å²) in [6.07, 6.45) is 5.89. The van der Waals surface area contributed by atoms with E-state index in [1.54, 1.807) is 12.3 Å². The van der Waals surface area contributed by atoms with Crippen LogP contribution in [0.25, 0.3) is 22.2 Å². The maximum Gasteiger partial charge on any atom is 0.212 e. The molecule has 0 bridgehead atoms. The number of hydrogen-bond acceptors (Lipinski definition) is 3. The Bertz CT molecular complexity index is 1310. The Morgan fingerprint density at radius 2 is 1.68 bits per heavy atom. The van der Waals surface area contributed by atoms with Crippen molar-refractivity contribution in [2.75, 3.05) is 0 Å². The van der Waals surface area contributed by atoms with Gasteiger partial charge in [0.25, 0.3) is 0 Å². The summed E-state index contributed by atoms with van der Waals surface area (Å²) in [7, 11) is 0. The van der Waals surface area contributed by atoms with E-state index in [0.717, 1.165) is 33.5 Å². The maximum atomic E-state index is 13.3. The van der Waals surface area contributed by atoms with Crippen molar-refractivity contribution in [1.82, 2.24) is 19.5 Å². The zero-order valence-corrected chi connectivity index (χ0v) is 17.1. The van der Waals surface area contributed by atoms with Gasteiger partial charge in [-0.05, 0) is 60.0 Å². The quantitative estimate of drug-likeness (QED) is 0.344. The summed E-state index contributed by atoms with van der Waals surface area (Å²) in [5.74, 6) is 0.513. The summed E-state index contributed by atoms with van der Waals surface area (Å²) >= 11 is 0. The van der Waals surface area contributed by atoms with E-state index < -0.39 is 5.95 Å². The van der Waals surface area contributed by atoms with Crippen LogP contribution in [0.3, 0.4) is 0 Å². The third kappa shape index (κ3) is 3.82. The monoisotopic (exact) mass is 408 g/mol. The van der Waals surface area contributed by atoms with Crippen LogP contribution in [-0.4, -0.2) is 19.5 Å². The van der Waals surface area contributed by atoms with Crippen molar-refractivity contribution in [2.24, 2.45) is 0 Å². The average Bonchev–Trinajstić information content (AvgIpc) is 3.17. The molecule has 3 aromatic heterocycles. The van der Waals surface area contributed by atoms with Crippen molar-refractivity contribution in [3.05, 3.63) is 114 Å². The minimum atomic E-state index is -0.479. The normalized spacial score (nSPS) is 12.2. The van der Waals surface area contributed by atoms with E-state index in [0.29, 0.717) is 6.42 Å². The Labute approximate surface area is 180 Å². The second-order valence-electron chi connectivity index (χ2n) is 7.59. The first-order valence-electron chi connectivity index (χ1n) is 10.3. The Kier molecular flexibility index (Phi) is 5.00. The smallest absolute Gasteiger partial charge is 0.212 e. The summed E-state index contributed by atoms with van der Waals surface area (Å²) in [6, 6.07) is 23.9. The number of fused-ring (bicyclic) bond motifs is 1. The van der Waals surface area contributed by atoms with E-state index in [1.165, 1.54) is 11.6 Å².